The van der Waals surface area contributed by atoms with Crippen molar-refractivity contribution in [1.29, 1.82) is 0 Å². The van der Waals surface area contributed by atoms with Crippen LogP contribution in [0.4, 0.5) is 0 Å². The number of carbonyl (C=O) groups is 2. The normalized spacial score (nSPS) is 14.1. The maximum atomic E-state index is 12.9. The maximum absolute atomic E-state index is 12.9. The first-order valence-electron chi connectivity index (χ1n) is 10.9. The molecule has 1 aliphatic rings. The monoisotopic (exact) mass is 435 g/mol. The lowest BCUT2D eigenvalue weighted by atomic mass is 9.96. The highest BCUT2D eigenvalue weighted by Gasteiger charge is 2.32. The zero-order valence-electron chi connectivity index (χ0n) is 18.7. The van der Waals surface area contributed by atoms with E-state index in [0.717, 1.165) is 35.1 Å². The molecular weight excluding hydrogens is 406 g/mol. The molecule has 0 unspecified atom stereocenters. The van der Waals surface area contributed by atoms with E-state index in [4.69, 9.17) is 0 Å². The van der Waals surface area contributed by atoms with Crippen LogP contribution >= 0.6 is 0 Å². The first kappa shape index (κ1) is 23.2. The Bertz CT molecular complexity index is 989. The molecule has 3 rings (SSSR count). The molecule has 8 nitrogen and oxygen atoms in total. The summed E-state index contributed by atoms with van der Waals surface area (Å²) in [6.45, 7) is 5.93. The average molecular weight is 436 g/mol. The second-order valence-corrected chi connectivity index (χ2v) is 8.22. The number of carboxylic acid groups (broad SMARTS) is 1. The number of aliphatic carboxylic acids is 1. The number of nitrogens with zero attached hydrogens (tertiary/aromatic N) is 5. The summed E-state index contributed by atoms with van der Waals surface area (Å²) >= 11 is 0. The van der Waals surface area contributed by atoms with Gasteiger partial charge in [-0.2, -0.15) is 0 Å². The van der Waals surface area contributed by atoms with Gasteiger partial charge in [0, 0.05) is 18.5 Å². The number of benzene rings is 2. The summed E-state index contributed by atoms with van der Waals surface area (Å²) in [5.74, 6) is -1.30. The SMILES string of the molecule is CCCCC(=O)N(Cc1ccc(-c2ccccc2C2N=NN=N2)cc1)[C@H](C(=O)O)C(C)C. The predicted molar refractivity (Wildman–Crippen MR) is 121 cm³/mol. The van der Waals surface area contributed by atoms with Crippen LogP contribution in [0.5, 0.6) is 0 Å². The Kier molecular flexibility index (Phi) is 7.81. The molecule has 0 aromatic heterocycles. The molecule has 1 atom stereocenters. The third-order valence-electron chi connectivity index (χ3n) is 5.50. The first-order chi connectivity index (χ1) is 15.4. The van der Waals surface area contributed by atoms with Crippen molar-refractivity contribution in [3.63, 3.8) is 0 Å². The van der Waals surface area contributed by atoms with E-state index >= 15 is 0 Å². The topological polar surface area (TPSA) is 107 Å². The van der Waals surface area contributed by atoms with Crippen LogP contribution in [0.15, 0.2) is 69.2 Å². The second kappa shape index (κ2) is 10.7. The van der Waals surface area contributed by atoms with Crippen LogP contribution in [-0.4, -0.2) is 27.9 Å². The number of carboxylic acids is 1. The number of rotatable bonds is 10. The van der Waals surface area contributed by atoms with Crippen LogP contribution in [0, 0.1) is 5.92 Å². The highest BCUT2D eigenvalue weighted by Crippen LogP contribution is 2.33. The zero-order chi connectivity index (χ0) is 23.1. The van der Waals surface area contributed by atoms with Crippen molar-refractivity contribution in [3.05, 3.63) is 59.7 Å². The quantitative estimate of drug-likeness (QED) is 0.508. The van der Waals surface area contributed by atoms with E-state index in [-0.39, 0.29) is 18.4 Å². The Balaban J connectivity index is 1.85. The van der Waals surface area contributed by atoms with Crippen molar-refractivity contribution >= 4 is 11.9 Å². The summed E-state index contributed by atoms with van der Waals surface area (Å²) in [7, 11) is 0. The third-order valence-corrected chi connectivity index (χ3v) is 5.50. The van der Waals surface area contributed by atoms with Gasteiger partial charge in [0.1, 0.15) is 6.04 Å². The summed E-state index contributed by atoms with van der Waals surface area (Å²) in [5, 5.41) is 25.0. The molecule has 0 spiro atoms. The van der Waals surface area contributed by atoms with E-state index in [0.29, 0.717) is 6.42 Å². The third kappa shape index (κ3) is 5.43. The first-order valence-corrected chi connectivity index (χ1v) is 10.9. The molecule has 1 heterocycles. The fourth-order valence-electron chi connectivity index (χ4n) is 3.85. The van der Waals surface area contributed by atoms with Gasteiger partial charge in [-0.1, -0.05) is 75.7 Å². The Morgan fingerprint density at radius 2 is 1.69 bits per heavy atom. The molecule has 1 N–H and O–H groups in total. The van der Waals surface area contributed by atoms with E-state index < -0.39 is 18.2 Å². The minimum Gasteiger partial charge on any atom is -0.480 e. The van der Waals surface area contributed by atoms with Gasteiger partial charge in [-0.05, 0) is 39.5 Å². The predicted octanol–water partition coefficient (Wildman–Crippen LogP) is 5.81. The molecule has 1 aliphatic heterocycles. The average Bonchev–Trinajstić information content (AvgIpc) is 3.32. The number of unbranched alkanes of at least 4 members (excludes halogenated alkanes) is 1. The molecule has 168 valence electrons. The van der Waals surface area contributed by atoms with Crippen LogP contribution < -0.4 is 0 Å². The minimum absolute atomic E-state index is 0.126. The largest absolute Gasteiger partial charge is 0.480 e. The van der Waals surface area contributed by atoms with Crippen molar-refractivity contribution in [2.75, 3.05) is 0 Å². The summed E-state index contributed by atoms with van der Waals surface area (Å²) < 4.78 is 0. The number of hydrogen-bond donors (Lipinski definition) is 1. The Hall–Kier alpha value is -3.42. The lowest BCUT2D eigenvalue weighted by Crippen LogP contribution is -2.47. The van der Waals surface area contributed by atoms with E-state index in [1.54, 1.807) is 0 Å². The number of amides is 1. The van der Waals surface area contributed by atoms with Crippen molar-refractivity contribution < 1.29 is 14.7 Å². The Labute approximate surface area is 188 Å². The minimum atomic E-state index is -0.977. The molecule has 2 aromatic carbocycles. The van der Waals surface area contributed by atoms with Crippen LogP contribution in [0.3, 0.4) is 0 Å². The highest BCUT2D eigenvalue weighted by molar-refractivity contribution is 5.84. The van der Waals surface area contributed by atoms with Gasteiger partial charge >= 0.3 is 5.97 Å². The van der Waals surface area contributed by atoms with Crippen LogP contribution in [0.2, 0.25) is 0 Å². The standard InChI is InChI=1S/C24H29N5O3/c1-4-5-10-21(30)29(22(16(2)3)24(31)32)15-17-11-13-18(14-12-17)19-8-6-7-9-20(19)23-25-27-28-26-23/h6-9,11-14,16,22-23H,4-5,10,15H2,1-3H3,(H,31,32)/t22-/m0/s1. The van der Waals surface area contributed by atoms with Crippen LogP contribution in [0.25, 0.3) is 11.1 Å². The van der Waals surface area contributed by atoms with Gasteiger partial charge in [0.25, 0.3) is 0 Å². The van der Waals surface area contributed by atoms with Gasteiger partial charge < -0.3 is 10.0 Å². The molecule has 0 saturated heterocycles. The molecule has 8 heteroatoms. The molecule has 32 heavy (non-hydrogen) atoms. The van der Waals surface area contributed by atoms with Gasteiger partial charge in [-0.15, -0.1) is 10.2 Å². The number of carbonyl (C=O) groups excluding carboxylic acids is 1. The fraction of sp³-hybridized carbons (Fsp3) is 0.417. The molecule has 2 aromatic rings. The second-order valence-electron chi connectivity index (χ2n) is 8.22. The molecule has 0 saturated carbocycles. The Morgan fingerprint density at radius 3 is 2.28 bits per heavy atom. The summed E-state index contributed by atoms with van der Waals surface area (Å²) in [6.07, 6.45) is 1.53. The lowest BCUT2D eigenvalue weighted by Gasteiger charge is -2.32. The fourth-order valence-corrected chi connectivity index (χ4v) is 3.85. The smallest absolute Gasteiger partial charge is 0.326 e. The molecule has 0 aliphatic carbocycles. The van der Waals surface area contributed by atoms with Gasteiger partial charge in [0.05, 0.1) is 0 Å². The zero-order valence-corrected chi connectivity index (χ0v) is 18.7. The van der Waals surface area contributed by atoms with Crippen LogP contribution in [-0.2, 0) is 16.1 Å². The van der Waals surface area contributed by atoms with E-state index in [9.17, 15) is 14.7 Å². The van der Waals surface area contributed by atoms with Crippen molar-refractivity contribution in [1.82, 2.24) is 4.90 Å². The van der Waals surface area contributed by atoms with Gasteiger partial charge in [-0.3, -0.25) is 4.79 Å². The molecular formula is C24H29N5O3. The van der Waals surface area contributed by atoms with Gasteiger partial charge in [0.2, 0.25) is 12.1 Å². The van der Waals surface area contributed by atoms with E-state index in [1.807, 2.05) is 69.3 Å². The molecule has 0 bridgehead atoms. The molecule has 1 amide bonds. The summed E-state index contributed by atoms with van der Waals surface area (Å²) in [5.41, 5.74) is 3.74. The van der Waals surface area contributed by atoms with Gasteiger partial charge in [0.15, 0.2) is 0 Å². The summed E-state index contributed by atoms with van der Waals surface area (Å²) in [4.78, 5) is 26.3. The van der Waals surface area contributed by atoms with Crippen LogP contribution in [0.1, 0.15) is 57.3 Å². The maximum Gasteiger partial charge on any atom is 0.326 e. The molecule has 0 radical (unpaired) electrons. The molecule has 0 fully saturated rings. The van der Waals surface area contributed by atoms with Crippen molar-refractivity contribution in [2.24, 2.45) is 26.6 Å². The van der Waals surface area contributed by atoms with E-state index in [1.165, 1.54) is 4.90 Å². The Morgan fingerprint density at radius 1 is 1.03 bits per heavy atom. The number of hydrogen-bond acceptors (Lipinski definition) is 6. The summed E-state index contributed by atoms with van der Waals surface area (Å²) in [6, 6.07) is 14.8. The van der Waals surface area contributed by atoms with Gasteiger partial charge in [-0.25, -0.2) is 4.79 Å². The van der Waals surface area contributed by atoms with E-state index in [2.05, 4.69) is 20.7 Å². The lowest BCUT2D eigenvalue weighted by molar-refractivity contribution is -0.153. The van der Waals surface area contributed by atoms with Crippen molar-refractivity contribution in [2.45, 2.75) is 58.8 Å². The highest BCUT2D eigenvalue weighted by atomic mass is 16.4. The van der Waals surface area contributed by atoms with Crippen molar-refractivity contribution in [3.8, 4) is 11.1 Å².